The zero-order valence-corrected chi connectivity index (χ0v) is 11.6. The van der Waals surface area contributed by atoms with Crippen LogP contribution in [-0.2, 0) is 0 Å². The molecule has 0 radical (unpaired) electrons. The van der Waals surface area contributed by atoms with E-state index >= 15 is 0 Å². The predicted octanol–water partition coefficient (Wildman–Crippen LogP) is 3.35. The number of nitrogens with zero attached hydrogens (tertiary/aromatic N) is 1. The van der Waals surface area contributed by atoms with Crippen LogP contribution in [0.1, 0.15) is 19.3 Å². The average molecular weight is 295 g/mol. The van der Waals surface area contributed by atoms with Crippen molar-refractivity contribution in [3.05, 3.63) is 28.7 Å². The van der Waals surface area contributed by atoms with Gasteiger partial charge in [0.1, 0.15) is 0 Å². The van der Waals surface area contributed by atoms with Crippen molar-refractivity contribution in [2.24, 2.45) is 5.92 Å². The Labute approximate surface area is 112 Å². The van der Waals surface area contributed by atoms with Gasteiger partial charge in [0.15, 0.2) is 0 Å². The molecule has 0 aromatic heterocycles. The summed E-state index contributed by atoms with van der Waals surface area (Å²) in [6, 6.07) is 9.29. The number of fused-ring (bicyclic) bond motifs is 2. The zero-order valence-electron chi connectivity index (χ0n) is 10.0. The van der Waals surface area contributed by atoms with Crippen LogP contribution in [0.4, 0.5) is 5.69 Å². The molecule has 2 bridgehead atoms. The van der Waals surface area contributed by atoms with E-state index in [1.54, 1.807) is 0 Å². The quantitative estimate of drug-likeness (QED) is 0.916. The van der Waals surface area contributed by atoms with Crippen LogP contribution in [0.2, 0.25) is 0 Å². The Morgan fingerprint density at radius 2 is 2.29 bits per heavy atom. The summed E-state index contributed by atoms with van der Waals surface area (Å²) in [4.78, 5) is 2.67. The van der Waals surface area contributed by atoms with E-state index in [0.717, 1.165) is 23.0 Å². The van der Waals surface area contributed by atoms with Gasteiger partial charge in [-0.15, -0.1) is 0 Å². The SMILES string of the molecule is Brc1cccc(NCCN2CC3CCC2C3)c1. The molecule has 2 atom stereocenters. The molecular formula is C14H19BrN2. The highest BCUT2D eigenvalue weighted by Crippen LogP contribution is 2.36. The first-order chi connectivity index (χ1) is 8.31. The van der Waals surface area contributed by atoms with Crippen molar-refractivity contribution in [2.75, 3.05) is 25.0 Å². The van der Waals surface area contributed by atoms with Crippen molar-refractivity contribution in [3.63, 3.8) is 0 Å². The molecule has 17 heavy (non-hydrogen) atoms. The van der Waals surface area contributed by atoms with Crippen LogP contribution in [0.15, 0.2) is 28.7 Å². The van der Waals surface area contributed by atoms with Gasteiger partial charge in [0, 0.05) is 35.8 Å². The van der Waals surface area contributed by atoms with E-state index in [9.17, 15) is 0 Å². The van der Waals surface area contributed by atoms with E-state index in [-0.39, 0.29) is 0 Å². The molecular weight excluding hydrogens is 276 g/mol. The van der Waals surface area contributed by atoms with Gasteiger partial charge in [-0.25, -0.2) is 0 Å². The van der Waals surface area contributed by atoms with E-state index in [1.165, 1.54) is 38.0 Å². The van der Waals surface area contributed by atoms with Gasteiger partial charge in [0.25, 0.3) is 0 Å². The highest BCUT2D eigenvalue weighted by atomic mass is 79.9. The molecule has 2 nitrogen and oxygen atoms in total. The third-order valence-electron chi connectivity index (χ3n) is 4.08. The lowest BCUT2D eigenvalue weighted by molar-refractivity contribution is 0.221. The average Bonchev–Trinajstić information content (AvgIpc) is 2.91. The molecule has 3 heteroatoms. The standard InChI is InChI=1S/C14H19BrN2/c15-12-2-1-3-13(9-12)16-6-7-17-10-11-4-5-14(17)8-11/h1-3,9,11,14,16H,4-8,10H2. The lowest BCUT2D eigenvalue weighted by Crippen LogP contribution is -2.35. The van der Waals surface area contributed by atoms with Crippen molar-refractivity contribution < 1.29 is 0 Å². The molecule has 0 spiro atoms. The molecule has 1 N–H and O–H groups in total. The van der Waals surface area contributed by atoms with Crippen LogP contribution in [0.3, 0.4) is 0 Å². The van der Waals surface area contributed by atoms with E-state index in [1.807, 2.05) is 0 Å². The molecule has 2 fully saturated rings. The van der Waals surface area contributed by atoms with Crippen LogP contribution >= 0.6 is 15.9 Å². The summed E-state index contributed by atoms with van der Waals surface area (Å²) in [7, 11) is 0. The summed E-state index contributed by atoms with van der Waals surface area (Å²) in [5, 5.41) is 3.50. The summed E-state index contributed by atoms with van der Waals surface area (Å²) in [6.07, 6.45) is 4.36. The van der Waals surface area contributed by atoms with Gasteiger partial charge in [-0.2, -0.15) is 0 Å². The first-order valence-corrected chi connectivity index (χ1v) is 7.34. The number of anilines is 1. The maximum absolute atomic E-state index is 3.50. The summed E-state index contributed by atoms with van der Waals surface area (Å²) in [6.45, 7) is 3.58. The summed E-state index contributed by atoms with van der Waals surface area (Å²) >= 11 is 3.50. The van der Waals surface area contributed by atoms with E-state index in [4.69, 9.17) is 0 Å². The van der Waals surface area contributed by atoms with Crippen LogP contribution < -0.4 is 5.32 Å². The first kappa shape index (κ1) is 11.5. The molecule has 1 heterocycles. The van der Waals surface area contributed by atoms with Crippen LogP contribution in [0, 0.1) is 5.92 Å². The fraction of sp³-hybridized carbons (Fsp3) is 0.571. The van der Waals surface area contributed by atoms with Crippen molar-refractivity contribution in [2.45, 2.75) is 25.3 Å². The van der Waals surface area contributed by atoms with Crippen LogP contribution in [0.5, 0.6) is 0 Å². The number of likely N-dealkylation sites (tertiary alicyclic amines) is 1. The molecule has 1 saturated carbocycles. The maximum atomic E-state index is 3.50. The molecule has 1 aliphatic heterocycles. The minimum Gasteiger partial charge on any atom is -0.384 e. The van der Waals surface area contributed by atoms with Gasteiger partial charge in [-0.1, -0.05) is 22.0 Å². The van der Waals surface area contributed by atoms with Crippen LogP contribution in [0.25, 0.3) is 0 Å². The van der Waals surface area contributed by atoms with Gasteiger partial charge in [-0.05, 0) is 43.4 Å². The minimum atomic E-state index is 0.893. The van der Waals surface area contributed by atoms with Gasteiger partial charge in [0.05, 0.1) is 0 Å². The predicted molar refractivity (Wildman–Crippen MR) is 75.3 cm³/mol. The lowest BCUT2D eigenvalue weighted by atomic mass is 10.1. The Balaban J connectivity index is 1.46. The smallest absolute Gasteiger partial charge is 0.0351 e. The molecule has 2 unspecified atom stereocenters. The number of hydrogen-bond donors (Lipinski definition) is 1. The summed E-state index contributed by atoms with van der Waals surface area (Å²) in [5.74, 6) is 1.01. The summed E-state index contributed by atoms with van der Waals surface area (Å²) in [5.41, 5.74) is 1.21. The first-order valence-electron chi connectivity index (χ1n) is 6.55. The fourth-order valence-electron chi connectivity index (χ4n) is 3.24. The third kappa shape index (κ3) is 2.66. The number of nitrogens with one attached hydrogen (secondary N) is 1. The molecule has 0 amide bonds. The Morgan fingerprint density at radius 1 is 1.35 bits per heavy atom. The Bertz CT molecular complexity index is 394. The zero-order chi connectivity index (χ0) is 11.7. The largest absolute Gasteiger partial charge is 0.384 e. The van der Waals surface area contributed by atoms with Crippen LogP contribution in [-0.4, -0.2) is 30.6 Å². The maximum Gasteiger partial charge on any atom is 0.0351 e. The normalized spacial score (nSPS) is 27.6. The molecule has 2 aliphatic rings. The third-order valence-corrected chi connectivity index (χ3v) is 4.57. The van der Waals surface area contributed by atoms with Gasteiger partial charge < -0.3 is 5.32 Å². The van der Waals surface area contributed by atoms with Crippen molar-refractivity contribution >= 4 is 21.6 Å². The Morgan fingerprint density at radius 3 is 3.00 bits per heavy atom. The van der Waals surface area contributed by atoms with Crippen molar-refractivity contribution in [1.29, 1.82) is 0 Å². The Kier molecular flexibility index (Phi) is 3.39. The summed E-state index contributed by atoms with van der Waals surface area (Å²) < 4.78 is 1.14. The van der Waals surface area contributed by atoms with E-state index in [2.05, 4.69) is 50.4 Å². The van der Waals surface area contributed by atoms with Gasteiger partial charge in [0.2, 0.25) is 0 Å². The highest BCUT2D eigenvalue weighted by Gasteiger charge is 2.36. The number of halogens is 1. The second-order valence-corrected chi connectivity index (χ2v) is 6.18. The topological polar surface area (TPSA) is 15.3 Å². The van der Waals surface area contributed by atoms with Crippen molar-refractivity contribution in [1.82, 2.24) is 4.90 Å². The van der Waals surface area contributed by atoms with E-state index in [0.29, 0.717) is 0 Å². The molecule has 92 valence electrons. The number of benzene rings is 1. The van der Waals surface area contributed by atoms with Crippen molar-refractivity contribution in [3.8, 4) is 0 Å². The Hall–Kier alpha value is -0.540. The lowest BCUT2D eigenvalue weighted by Gasteiger charge is -2.26. The molecule has 1 aromatic carbocycles. The molecule has 3 rings (SSSR count). The fourth-order valence-corrected chi connectivity index (χ4v) is 3.64. The number of piperidine rings is 1. The number of rotatable bonds is 4. The van der Waals surface area contributed by atoms with E-state index < -0.39 is 0 Å². The second-order valence-electron chi connectivity index (χ2n) is 5.26. The highest BCUT2D eigenvalue weighted by molar-refractivity contribution is 9.10. The van der Waals surface area contributed by atoms with Gasteiger partial charge in [-0.3, -0.25) is 4.90 Å². The molecule has 1 saturated heterocycles. The monoisotopic (exact) mass is 294 g/mol. The molecule has 1 aromatic rings. The van der Waals surface area contributed by atoms with Gasteiger partial charge >= 0.3 is 0 Å². The minimum absolute atomic E-state index is 0.893. The second kappa shape index (κ2) is 4.99. The molecule has 1 aliphatic carbocycles. The number of hydrogen-bond acceptors (Lipinski definition) is 2.